The molecule has 0 unspecified atom stereocenters. The number of methoxy groups -OCH3 is 1. The molecule has 1 N–H and O–H groups in total. The fraction of sp³-hybridized carbons (Fsp3) is 0.875. The SMILES string of the molecule is COC1CCC([Si](C)(C)[C@H]2[C@H](CC(=O)N3CCC[C@H]3CO)O[C@@]3(C(=O)N(CC4CCC(N5CCCCC5=O)CC4)C4=C3CCCC4)[C@@H]2C)CC1. The maximum atomic E-state index is 15.2. The van der Waals surface area contributed by atoms with Crippen LogP contribution in [0.1, 0.15) is 122 Å². The molecule has 4 heterocycles. The molecule has 0 aromatic carbocycles. The van der Waals surface area contributed by atoms with E-state index in [0.717, 1.165) is 116 Å². The van der Waals surface area contributed by atoms with E-state index in [1.165, 1.54) is 11.3 Å². The molecule has 280 valence electrons. The molecule has 7 rings (SSSR count). The monoisotopic (exact) mass is 711 g/mol. The van der Waals surface area contributed by atoms with Crippen molar-refractivity contribution in [2.75, 3.05) is 33.4 Å². The number of amides is 3. The summed E-state index contributed by atoms with van der Waals surface area (Å²) < 4.78 is 13.1. The van der Waals surface area contributed by atoms with Crippen molar-refractivity contribution in [3.63, 3.8) is 0 Å². The van der Waals surface area contributed by atoms with Gasteiger partial charge in [-0.1, -0.05) is 32.9 Å². The van der Waals surface area contributed by atoms with Gasteiger partial charge in [-0.3, -0.25) is 14.4 Å². The number of allylic oxidation sites excluding steroid dienone is 1. The second-order valence-corrected chi connectivity index (χ2v) is 22.9. The number of rotatable bonds is 9. The van der Waals surface area contributed by atoms with Crippen LogP contribution in [-0.2, 0) is 23.9 Å². The number of piperidine rings is 1. The normalized spacial score (nSPS) is 38.5. The van der Waals surface area contributed by atoms with Crippen molar-refractivity contribution in [2.45, 2.75) is 177 Å². The highest BCUT2D eigenvalue weighted by Crippen LogP contribution is 2.61. The van der Waals surface area contributed by atoms with E-state index in [0.29, 0.717) is 48.9 Å². The molecule has 3 amide bonds. The molecule has 5 atom stereocenters. The Morgan fingerprint density at radius 1 is 0.920 bits per heavy atom. The molecule has 50 heavy (non-hydrogen) atoms. The number of aliphatic hydroxyl groups is 1. The predicted octanol–water partition coefficient (Wildman–Crippen LogP) is 6.41. The van der Waals surface area contributed by atoms with E-state index >= 15 is 4.79 Å². The first-order chi connectivity index (χ1) is 24.1. The lowest BCUT2D eigenvalue weighted by Gasteiger charge is -2.45. The van der Waals surface area contributed by atoms with Gasteiger partial charge in [0.05, 0.1) is 39.4 Å². The second-order valence-electron chi connectivity index (χ2n) is 17.8. The van der Waals surface area contributed by atoms with E-state index in [1.54, 1.807) is 0 Å². The molecule has 0 radical (unpaired) electrons. The number of carbonyl (C=O) groups is 3. The summed E-state index contributed by atoms with van der Waals surface area (Å²) in [6.07, 6.45) is 17.6. The third-order valence-electron chi connectivity index (χ3n) is 15.0. The van der Waals surface area contributed by atoms with Crippen molar-refractivity contribution < 1.29 is 29.0 Å². The molecule has 10 heteroatoms. The highest BCUT2D eigenvalue weighted by molar-refractivity contribution is 6.80. The van der Waals surface area contributed by atoms with Gasteiger partial charge < -0.3 is 29.3 Å². The molecule has 3 saturated heterocycles. The van der Waals surface area contributed by atoms with Crippen molar-refractivity contribution >= 4 is 25.8 Å². The topological polar surface area (TPSA) is 99.6 Å². The minimum atomic E-state index is -2.07. The Kier molecular flexibility index (Phi) is 10.9. The van der Waals surface area contributed by atoms with Crippen molar-refractivity contribution in [3.05, 3.63) is 11.3 Å². The van der Waals surface area contributed by atoms with Crippen LogP contribution in [0.4, 0.5) is 0 Å². The van der Waals surface area contributed by atoms with Gasteiger partial charge in [0.2, 0.25) is 11.8 Å². The third-order valence-corrected chi connectivity index (χ3v) is 20.2. The summed E-state index contributed by atoms with van der Waals surface area (Å²) in [5, 5.41) is 10.1. The molecule has 5 fully saturated rings. The van der Waals surface area contributed by atoms with Gasteiger partial charge in [0, 0.05) is 50.8 Å². The first-order valence-electron chi connectivity index (χ1n) is 20.5. The average Bonchev–Trinajstić information content (AvgIpc) is 3.79. The average molecular weight is 712 g/mol. The van der Waals surface area contributed by atoms with Gasteiger partial charge in [0.15, 0.2) is 5.60 Å². The van der Waals surface area contributed by atoms with Crippen LogP contribution in [0.25, 0.3) is 0 Å². The Morgan fingerprint density at radius 3 is 2.34 bits per heavy atom. The van der Waals surface area contributed by atoms with Crippen LogP contribution in [0.5, 0.6) is 0 Å². The number of fused-ring (bicyclic) bond motifs is 1. The second kappa shape index (κ2) is 14.9. The molecule has 9 nitrogen and oxygen atoms in total. The van der Waals surface area contributed by atoms with E-state index in [4.69, 9.17) is 9.47 Å². The smallest absolute Gasteiger partial charge is 0.263 e. The van der Waals surface area contributed by atoms with E-state index in [-0.39, 0.29) is 42.0 Å². The summed E-state index contributed by atoms with van der Waals surface area (Å²) in [5.41, 5.74) is 2.27. The Bertz CT molecular complexity index is 1310. The van der Waals surface area contributed by atoms with E-state index in [2.05, 4.69) is 29.8 Å². The molecule has 0 bridgehead atoms. The lowest BCUT2D eigenvalue weighted by atomic mass is 9.78. The van der Waals surface area contributed by atoms with Gasteiger partial charge in [0.1, 0.15) is 0 Å². The Labute approximate surface area is 301 Å². The molecule has 3 aliphatic carbocycles. The highest BCUT2D eigenvalue weighted by Gasteiger charge is 2.67. The number of aliphatic hydroxyl groups excluding tert-OH is 1. The summed E-state index contributed by atoms with van der Waals surface area (Å²) in [6.45, 7) is 9.71. The van der Waals surface area contributed by atoms with Gasteiger partial charge in [-0.15, -0.1) is 0 Å². The Morgan fingerprint density at radius 2 is 1.64 bits per heavy atom. The van der Waals surface area contributed by atoms with Crippen molar-refractivity contribution in [1.82, 2.24) is 14.7 Å². The van der Waals surface area contributed by atoms with Gasteiger partial charge >= 0.3 is 0 Å². The maximum absolute atomic E-state index is 15.2. The number of nitrogens with zero attached hydrogens (tertiary/aromatic N) is 3. The quantitative estimate of drug-likeness (QED) is 0.278. The molecule has 2 saturated carbocycles. The summed E-state index contributed by atoms with van der Waals surface area (Å²) in [7, 11) is -0.239. The molecule has 7 aliphatic rings. The Balaban J connectivity index is 1.15. The summed E-state index contributed by atoms with van der Waals surface area (Å²) in [6, 6.07) is 0.247. The first-order valence-corrected chi connectivity index (χ1v) is 23.7. The van der Waals surface area contributed by atoms with E-state index < -0.39 is 13.7 Å². The molecule has 1 spiro atoms. The molecule has 4 aliphatic heterocycles. The van der Waals surface area contributed by atoms with E-state index in [9.17, 15) is 14.7 Å². The predicted molar refractivity (Wildman–Crippen MR) is 196 cm³/mol. The number of hydrogen-bond donors (Lipinski definition) is 1. The lowest BCUT2D eigenvalue weighted by molar-refractivity contribution is -0.152. The van der Waals surface area contributed by atoms with Crippen LogP contribution < -0.4 is 0 Å². The minimum Gasteiger partial charge on any atom is -0.394 e. The van der Waals surface area contributed by atoms with Crippen LogP contribution in [0.2, 0.25) is 24.2 Å². The van der Waals surface area contributed by atoms with E-state index in [1.807, 2.05) is 12.0 Å². The molecule has 0 aromatic rings. The zero-order valence-corrected chi connectivity index (χ0v) is 32.5. The lowest BCUT2D eigenvalue weighted by Crippen LogP contribution is -2.51. The van der Waals surface area contributed by atoms with Gasteiger partial charge in [0.25, 0.3) is 5.91 Å². The van der Waals surface area contributed by atoms with Crippen molar-refractivity contribution in [1.29, 1.82) is 0 Å². The number of hydrogen-bond acceptors (Lipinski definition) is 6. The number of likely N-dealkylation sites (tertiary alicyclic amines) is 2. The summed E-state index contributed by atoms with van der Waals surface area (Å²) in [5.74, 6) is 0.998. The first kappa shape index (κ1) is 36.6. The van der Waals surface area contributed by atoms with Crippen molar-refractivity contribution in [2.24, 2.45) is 11.8 Å². The maximum Gasteiger partial charge on any atom is 0.263 e. The van der Waals surface area contributed by atoms with Crippen LogP contribution in [0, 0.1) is 11.8 Å². The minimum absolute atomic E-state index is 0.00393. The summed E-state index contributed by atoms with van der Waals surface area (Å²) >= 11 is 0. The highest BCUT2D eigenvalue weighted by atomic mass is 28.3. The summed E-state index contributed by atoms with van der Waals surface area (Å²) in [4.78, 5) is 48.2. The molecular weight excluding hydrogens is 647 g/mol. The molecular formula is C40H65N3O6Si. The van der Waals surface area contributed by atoms with Crippen LogP contribution in [0.15, 0.2) is 11.3 Å². The fourth-order valence-electron chi connectivity index (χ4n) is 12.2. The standard InChI is InChI=1S/C40H65N3O6Si/c1-27-38(50(3,4)32-20-18-31(48-2)19-21-32)35(24-37(46)42-23-9-10-30(42)26-44)49-40(27)33-11-5-6-12-34(33)43(39(40)47)25-28-14-16-29(17-15-28)41-22-8-7-13-36(41)45/h27-32,35,38,44H,5-26H2,1-4H3/t27-,28?,29?,30+,31?,32?,35+,38-,40+/m1/s1. The van der Waals surface area contributed by atoms with Gasteiger partial charge in [-0.2, -0.15) is 0 Å². The number of carbonyl (C=O) groups excluding carboxylic acids is 3. The fourth-order valence-corrected chi connectivity index (χ4v) is 17.2. The van der Waals surface area contributed by atoms with Crippen LogP contribution in [0.3, 0.4) is 0 Å². The van der Waals surface area contributed by atoms with Crippen LogP contribution >= 0.6 is 0 Å². The third kappa shape index (κ3) is 6.44. The zero-order chi connectivity index (χ0) is 35.2. The van der Waals surface area contributed by atoms with Crippen LogP contribution in [-0.4, -0.2) is 109 Å². The van der Waals surface area contributed by atoms with Gasteiger partial charge in [-0.05, 0) is 112 Å². The van der Waals surface area contributed by atoms with Crippen molar-refractivity contribution in [3.8, 4) is 0 Å². The largest absolute Gasteiger partial charge is 0.394 e. The van der Waals surface area contributed by atoms with Gasteiger partial charge in [-0.25, -0.2) is 0 Å². The molecule has 0 aromatic heterocycles. The number of ether oxygens (including phenoxy) is 2. The Hall–Kier alpha value is -1.75. The zero-order valence-electron chi connectivity index (χ0n) is 31.5.